The molecular weight excluding hydrogens is 602 g/mol. The minimum atomic E-state index is -0.653. The van der Waals surface area contributed by atoms with Crippen LogP contribution in [0.25, 0.3) is 0 Å². The molecule has 2 atom stereocenters. The van der Waals surface area contributed by atoms with Gasteiger partial charge in [-0.2, -0.15) is 0 Å². The molecule has 0 heterocycles. The van der Waals surface area contributed by atoms with Crippen molar-refractivity contribution in [1.82, 2.24) is 5.32 Å². The molecule has 0 aliphatic heterocycles. The maximum Gasteiger partial charge on any atom is 0.220 e. The van der Waals surface area contributed by atoms with Crippen LogP contribution in [-0.2, 0) is 4.79 Å². The molecule has 2 unspecified atom stereocenters. The van der Waals surface area contributed by atoms with Crippen LogP contribution in [0.3, 0.4) is 0 Å². The summed E-state index contributed by atoms with van der Waals surface area (Å²) in [5.74, 6) is -0.0251. The van der Waals surface area contributed by atoms with Crippen LogP contribution in [0.5, 0.6) is 0 Å². The lowest BCUT2D eigenvalue weighted by Gasteiger charge is -2.22. The van der Waals surface area contributed by atoms with Gasteiger partial charge in [-0.15, -0.1) is 0 Å². The van der Waals surface area contributed by atoms with E-state index in [2.05, 4.69) is 19.2 Å². The molecule has 3 N–H and O–H groups in total. The van der Waals surface area contributed by atoms with Crippen molar-refractivity contribution in [2.24, 2.45) is 0 Å². The summed E-state index contributed by atoms with van der Waals surface area (Å²) in [5.41, 5.74) is 0. The van der Waals surface area contributed by atoms with Gasteiger partial charge >= 0.3 is 0 Å². The fourth-order valence-corrected chi connectivity index (χ4v) is 7.36. The molecule has 0 aromatic rings. The number of carbonyl (C=O) groups excluding carboxylic acids is 1. The van der Waals surface area contributed by atoms with Gasteiger partial charge in [0.1, 0.15) is 0 Å². The normalized spacial score (nSPS) is 12.8. The molecule has 0 fully saturated rings. The van der Waals surface area contributed by atoms with Crippen molar-refractivity contribution in [3.05, 3.63) is 0 Å². The van der Waals surface area contributed by atoms with Gasteiger partial charge in [-0.05, 0) is 12.8 Å². The molecule has 0 saturated heterocycles. The lowest BCUT2D eigenvalue weighted by Crippen LogP contribution is -2.45. The zero-order valence-corrected chi connectivity index (χ0v) is 33.7. The smallest absolute Gasteiger partial charge is 0.220 e. The quantitative estimate of drug-likeness (QED) is 0.0557. The number of unbranched alkanes of at least 4 members (excludes halogenated alkanes) is 35. The summed E-state index contributed by atoms with van der Waals surface area (Å²) < 4.78 is 0. The maximum atomic E-state index is 12.4. The lowest BCUT2D eigenvalue weighted by molar-refractivity contribution is -0.123. The number of carbonyl (C=O) groups is 1. The van der Waals surface area contributed by atoms with Crippen molar-refractivity contribution in [1.29, 1.82) is 0 Å². The molecule has 1 amide bonds. The predicted molar refractivity (Wildman–Crippen MR) is 216 cm³/mol. The average Bonchev–Trinajstić information content (AvgIpc) is 3.10. The zero-order chi connectivity index (χ0) is 35.7. The predicted octanol–water partition coefficient (Wildman–Crippen LogP) is 14.1. The SMILES string of the molecule is CCCCCCCCCCCCCCCCCCCCCC(=O)NC(CO)C(O)CCCCCCCCCCCCCCCCCCCC. The van der Waals surface area contributed by atoms with Crippen LogP contribution in [0, 0.1) is 0 Å². The third-order valence-corrected chi connectivity index (χ3v) is 10.9. The van der Waals surface area contributed by atoms with Gasteiger partial charge in [0.2, 0.25) is 5.91 Å². The van der Waals surface area contributed by atoms with E-state index in [4.69, 9.17) is 0 Å². The van der Waals surface area contributed by atoms with E-state index in [1.165, 1.54) is 212 Å². The summed E-state index contributed by atoms with van der Waals surface area (Å²) >= 11 is 0. The highest BCUT2D eigenvalue weighted by Crippen LogP contribution is 2.17. The first-order valence-corrected chi connectivity index (χ1v) is 22.7. The van der Waals surface area contributed by atoms with E-state index in [0.29, 0.717) is 12.8 Å². The summed E-state index contributed by atoms with van der Waals surface area (Å²) in [6.45, 7) is 4.39. The Kier molecular flexibility index (Phi) is 41.3. The van der Waals surface area contributed by atoms with Crippen molar-refractivity contribution in [2.45, 2.75) is 276 Å². The molecule has 0 aliphatic carbocycles. The average molecular weight is 694 g/mol. The third kappa shape index (κ3) is 38.5. The minimum Gasteiger partial charge on any atom is -0.394 e. The Hall–Kier alpha value is -0.610. The first kappa shape index (κ1) is 48.4. The fourth-order valence-electron chi connectivity index (χ4n) is 7.36. The van der Waals surface area contributed by atoms with Crippen LogP contribution in [0.4, 0.5) is 0 Å². The van der Waals surface area contributed by atoms with Crippen molar-refractivity contribution < 1.29 is 15.0 Å². The van der Waals surface area contributed by atoms with Crippen LogP contribution >= 0.6 is 0 Å². The topological polar surface area (TPSA) is 69.6 Å². The van der Waals surface area contributed by atoms with E-state index < -0.39 is 12.1 Å². The molecule has 0 bridgehead atoms. The van der Waals surface area contributed by atoms with Crippen molar-refractivity contribution in [3.63, 3.8) is 0 Å². The second-order valence-electron chi connectivity index (χ2n) is 15.8. The Morgan fingerprint density at radius 1 is 0.408 bits per heavy atom. The van der Waals surface area contributed by atoms with Crippen LogP contribution in [0.15, 0.2) is 0 Å². The van der Waals surface area contributed by atoms with Crippen LogP contribution in [0.2, 0.25) is 0 Å². The van der Waals surface area contributed by atoms with Crippen molar-refractivity contribution in [2.75, 3.05) is 6.61 Å². The summed E-state index contributed by atoms with van der Waals surface area (Å²) in [6, 6.07) is -0.529. The number of hydrogen-bond acceptors (Lipinski definition) is 3. The summed E-state index contributed by atoms with van der Waals surface area (Å²) in [7, 11) is 0. The lowest BCUT2D eigenvalue weighted by atomic mass is 10.0. The van der Waals surface area contributed by atoms with Crippen molar-refractivity contribution >= 4 is 5.91 Å². The second kappa shape index (κ2) is 41.8. The molecule has 294 valence electrons. The first-order valence-electron chi connectivity index (χ1n) is 22.7. The van der Waals surface area contributed by atoms with Gasteiger partial charge < -0.3 is 15.5 Å². The number of aliphatic hydroxyl groups is 2. The van der Waals surface area contributed by atoms with E-state index in [1.54, 1.807) is 0 Å². The second-order valence-corrected chi connectivity index (χ2v) is 15.8. The molecule has 0 saturated carbocycles. The van der Waals surface area contributed by atoms with Gasteiger partial charge in [-0.1, -0.05) is 245 Å². The van der Waals surface area contributed by atoms with Gasteiger partial charge in [0.15, 0.2) is 0 Å². The largest absolute Gasteiger partial charge is 0.394 e. The Balaban J connectivity index is 3.46. The monoisotopic (exact) mass is 694 g/mol. The Morgan fingerprint density at radius 3 is 0.918 bits per heavy atom. The molecule has 0 aromatic heterocycles. The number of rotatable bonds is 42. The van der Waals surface area contributed by atoms with E-state index in [1.807, 2.05) is 0 Å². The van der Waals surface area contributed by atoms with Gasteiger partial charge in [0.05, 0.1) is 18.8 Å². The standard InChI is InChI=1S/C45H91NO3/c1-3-5-7-9-11-13-15-17-19-21-23-25-27-29-31-33-35-37-39-41-45(49)46-43(42-47)44(48)40-38-36-34-32-30-28-26-24-22-20-18-16-14-12-10-8-6-4-2/h43-44,47-48H,3-42H2,1-2H3,(H,46,49). The molecule has 4 nitrogen and oxygen atoms in total. The minimum absolute atomic E-state index is 0.0251. The number of hydrogen-bond donors (Lipinski definition) is 3. The molecule has 0 aliphatic rings. The summed E-state index contributed by atoms with van der Waals surface area (Å²) in [5, 5.41) is 23.2. The van der Waals surface area contributed by atoms with Crippen molar-refractivity contribution in [3.8, 4) is 0 Å². The van der Waals surface area contributed by atoms with Gasteiger partial charge in [0, 0.05) is 6.42 Å². The molecule has 4 heteroatoms. The highest BCUT2D eigenvalue weighted by Gasteiger charge is 2.20. The number of aliphatic hydroxyl groups excluding tert-OH is 2. The van der Waals surface area contributed by atoms with Gasteiger partial charge in [0.25, 0.3) is 0 Å². The van der Waals surface area contributed by atoms with Crippen LogP contribution in [-0.4, -0.2) is 34.9 Å². The van der Waals surface area contributed by atoms with E-state index >= 15 is 0 Å². The maximum absolute atomic E-state index is 12.4. The highest BCUT2D eigenvalue weighted by molar-refractivity contribution is 5.76. The molecule has 0 aromatic carbocycles. The highest BCUT2D eigenvalue weighted by atomic mass is 16.3. The molecule has 0 spiro atoms. The van der Waals surface area contributed by atoms with Crippen LogP contribution < -0.4 is 5.32 Å². The van der Waals surface area contributed by atoms with Crippen LogP contribution in [0.1, 0.15) is 264 Å². The van der Waals surface area contributed by atoms with E-state index in [9.17, 15) is 15.0 Å². The van der Waals surface area contributed by atoms with Gasteiger partial charge in [-0.25, -0.2) is 0 Å². The third-order valence-electron chi connectivity index (χ3n) is 10.9. The van der Waals surface area contributed by atoms with Gasteiger partial charge in [-0.3, -0.25) is 4.79 Å². The molecule has 49 heavy (non-hydrogen) atoms. The van der Waals surface area contributed by atoms with E-state index in [-0.39, 0.29) is 12.5 Å². The molecular formula is C45H91NO3. The first-order chi connectivity index (χ1) is 24.2. The van der Waals surface area contributed by atoms with E-state index in [0.717, 1.165) is 25.7 Å². The Labute approximate surface area is 308 Å². The number of amides is 1. The molecule has 0 rings (SSSR count). The Morgan fingerprint density at radius 2 is 0.653 bits per heavy atom. The summed E-state index contributed by atoms with van der Waals surface area (Å²) in [4.78, 5) is 12.4. The summed E-state index contributed by atoms with van der Waals surface area (Å²) in [6.07, 6.45) is 50.4. The zero-order valence-electron chi connectivity index (χ0n) is 33.7. The Bertz CT molecular complexity index is 626. The number of nitrogens with one attached hydrogen (secondary N) is 1. The fraction of sp³-hybridized carbons (Fsp3) is 0.978. The molecule has 0 radical (unpaired) electrons.